The summed E-state index contributed by atoms with van der Waals surface area (Å²) in [6.07, 6.45) is 2.30. The van der Waals surface area contributed by atoms with Crippen molar-refractivity contribution in [3.63, 3.8) is 0 Å². The molecule has 0 saturated heterocycles. The van der Waals surface area contributed by atoms with Gasteiger partial charge in [0.15, 0.2) is 0 Å². The van der Waals surface area contributed by atoms with E-state index < -0.39 is 0 Å². The quantitative estimate of drug-likeness (QED) is 0.629. The van der Waals surface area contributed by atoms with E-state index in [1.165, 1.54) is 23.1 Å². The Labute approximate surface area is 135 Å². The summed E-state index contributed by atoms with van der Waals surface area (Å²) in [6.45, 7) is 9.77. The lowest BCUT2D eigenvalue weighted by Gasteiger charge is -2.19. The zero-order valence-electron chi connectivity index (χ0n) is 14.3. The number of benzene rings is 2. The fourth-order valence-electron chi connectivity index (χ4n) is 2.48. The summed E-state index contributed by atoms with van der Waals surface area (Å²) in [5.41, 5.74) is 5.46. The second-order valence-electron chi connectivity index (χ2n) is 7.11. The maximum Gasteiger partial charge on any atom is 0.0643 e. The van der Waals surface area contributed by atoms with E-state index in [4.69, 9.17) is 4.99 Å². The summed E-state index contributed by atoms with van der Waals surface area (Å²) in [6, 6.07) is 19.1. The van der Waals surface area contributed by atoms with Crippen molar-refractivity contribution in [2.45, 2.75) is 47.1 Å². The zero-order valence-corrected chi connectivity index (χ0v) is 14.3. The molecule has 0 heterocycles. The lowest BCUT2D eigenvalue weighted by molar-refractivity contribution is 0.378. The molecular formula is C21H27N. The van der Waals surface area contributed by atoms with Crippen molar-refractivity contribution in [1.82, 2.24) is 0 Å². The highest BCUT2D eigenvalue weighted by molar-refractivity contribution is 6.00. The molecule has 0 radical (unpaired) electrons. The van der Waals surface area contributed by atoms with Crippen LogP contribution in [0.15, 0.2) is 59.6 Å². The number of nitrogens with zero attached hydrogens (tertiary/aromatic N) is 1. The summed E-state index contributed by atoms with van der Waals surface area (Å²) in [7, 11) is 0. The zero-order chi connectivity index (χ0) is 16.0. The van der Waals surface area contributed by atoms with Gasteiger partial charge in [-0.1, -0.05) is 75.4 Å². The molecule has 0 aliphatic heterocycles. The van der Waals surface area contributed by atoms with E-state index in [-0.39, 0.29) is 0 Å². The van der Waals surface area contributed by atoms with Crippen molar-refractivity contribution in [1.29, 1.82) is 0 Å². The van der Waals surface area contributed by atoms with Crippen LogP contribution in [0.5, 0.6) is 0 Å². The number of hydrogen-bond donors (Lipinski definition) is 0. The van der Waals surface area contributed by atoms with Gasteiger partial charge in [0.25, 0.3) is 0 Å². The van der Waals surface area contributed by atoms with Crippen molar-refractivity contribution in [3.05, 3.63) is 71.3 Å². The largest absolute Gasteiger partial charge is 0.285 e. The van der Waals surface area contributed by atoms with Gasteiger partial charge in [-0.25, -0.2) is 0 Å². The molecule has 0 spiro atoms. The van der Waals surface area contributed by atoms with Gasteiger partial charge in [0, 0.05) is 5.71 Å². The molecule has 0 aromatic heterocycles. The minimum atomic E-state index is 0.363. The molecule has 0 amide bonds. The Morgan fingerprint density at radius 3 is 2.23 bits per heavy atom. The van der Waals surface area contributed by atoms with Crippen LogP contribution in [0.25, 0.3) is 0 Å². The van der Waals surface area contributed by atoms with Crippen LogP contribution in [0.2, 0.25) is 0 Å². The van der Waals surface area contributed by atoms with E-state index in [1.807, 2.05) is 6.07 Å². The van der Waals surface area contributed by atoms with E-state index in [2.05, 4.69) is 76.2 Å². The molecular weight excluding hydrogens is 266 g/mol. The van der Waals surface area contributed by atoms with Crippen molar-refractivity contribution < 1.29 is 0 Å². The molecule has 0 N–H and O–H groups in total. The van der Waals surface area contributed by atoms with Gasteiger partial charge in [0.1, 0.15) is 0 Å². The van der Waals surface area contributed by atoms with Gasteiger partial charge in [-0.2, -0.15) is 0 Å². The van der Waals surface area contributed by atoms with E-state index in [0.29, 0.717) is 5.41 Å². The Kier molecular flexibility index (Phi) is 5.54. The summed E-state index contributed by atoms with van der Waals surface area (Å²) < 4.78 is 0. The summed E-state index contributed by atoms with van der Waals surface area (Å²) in [4.78, 5) is 4.79. The number of rotatable bonds is 5. The highest BCUT2D eigenvalue weighted by Crippen LogP contribution is 2.23. The molecule has 1 nitrogen and oxygen atoms in total. The first-order valence-corrected chi connectivity index (χ1v) is 8.09. The Balaban J connectivity index is 2.13. The van der Waals surface area contributed by atoms with Gasteiger partial charge in [-0.05, 0) is 41.9 Å². The van der Waals surface area contributed by atoms with Crippen molar-refractivity contribution in [2.75, 3.05) is 0 Å². The highest BCUT2D eigenvalue weighted by atomic mass is 14.7. The third-order valence-corrected chi connectivity index (χ3v) is 3.89. The van der Waals surface area contributed by atoms with Gasteiger partial charge in [0.2, 0.25) is 0 Å². The summed E-state index contributed by atoms with van der Waals surface area (Å²) in [5, 5.41) is 0. The predicted molar refractivity (Wildman–Crippen MR) is 96.6 cm³/mol. The maximum atomic E-state index is 4.79. The Morgan fingerprint density at radius 2 is 1.55 bits per heavy atom. The molecule has 2 rings (SSSR count). The number of aryl methyl sites for hydroxylation is 1. The molecule has 2 aromatic carbocycles. The van der Waals surface area contributed by atoms with Crippen LogP contribution < -0.4 is 0 Å². The smallest absolute Gasteiger partial charge is 0.0643 e. The average Bonchev–Trinajstić information content (AvgIpc) is 2.51. The lowest BCUT2D eigenvalue weighted by atomic mass is 9.87. The van der Waals surface area contributed by atoms with Gasteiger partial charge < -0.3 is 0 Å². The molecule has 22 heavy (non-hydrogen) atoms. The molecule has 2 aromatic rings. The molecule has 116 valence electrons. The summed E-state index contributed by atoms with van der Waals surface area (Å²) >= 11 is 0. The second kappa shape index (κ2) is 7.40. The number of hydrogen-bond acceptors (Lipinski definition) is 1. The molecule has 0 fully saturated rings. The normalized spacial score (nSPS) is 12.5. The SMILES string of the molecule is CC(=NCc1ccccc1)c1ccccc1CCC(C)(C)C. The first-order chi connectivity index (χ1) is 10.5. The topological polar surface area (TPSA) is 12.4 Å². The Hall–Kier alpha value is -1.89. The minimum Gasteiger partial charge on any atom is -0.285 e. The van der Waals surface area contributed by atoms with Crippen LogP contribution in [-0.4, -0.2) is 5.71 Å². The van der Waals surface area contributed by atoms with Gasteiger partial charge in [-0.15, -0.1) is 0 Å². The van der Waals surface area contributed by atoms with Crippen molar-refractivity contribution in [3.8, 4) is 0 Å². The van der Waals surface area contributed by atoms with Crippen LogP contribution in [0.1, 0.15) is 50.8 Å². The fourth-order valence-corrected chi connectivity index (χ4v) is 2.48. The molecule has 0 bridgehead atoms. The molecule has 0 unspecified atom stereocenters. The van der Waals surface area contributed by atoms with E-state index in [1.54, 1.807) is 0 Å². The molecule has 0 aliphatic carbocycles. The van der Waals surface area contributed by atoms with E-state index in [9.17, 15) is 0 Å². The number of aliphatic imine (C=N–C) groups is 1. The average molecular weight is 293 g/mol. The van der Waals surface area contributed by atoms with Crippen molar-refractivity contribution >= 4 is 5.71 Å². The fraction of sp³-hybridized carbons (Fsp3) is 0.381. The Bertz CT molecular complexity index is 618. The van der Waals surface area contributed by atoms with Crippen LogP contribution in [-0.2, 0) is 13.0 Å². The van der Waals surface area contributed by atoms with E-state index in [0.717, 1.165) is 18.7 Å². The summed E-state index contributed by atoms with van der Waals surface area (Å²) in [5.74, 6) is 0. The van der Waals surface area contributed by atoms with Crippen LogP contribution >= 0.6 is 0 Å². The van der Waals surface area contributed by atoms with Gasteiger partial charge in [0.05, 0.1) is 6.54 Å². The molecule has 0 saturated carbocycles. The minimum absolute atomic E-state index is 0.363. The monoisotopic (exact) mass is 293 g/mol. The van der Waals surface area contributed by atoms with Crippen molar-refractivity contribution in [2.24, 2.45) is 10.4 Å². The highest BCUT2D eigenvalue weighted by Gasteiger charge is 2.12. The molecule has 0 aliphatic rings. The van der Waals surface area contributed by atoms with Crippen LogP contribution in [0.4, 0.5) is 0 Å². The van der Waals surface area contributed by atoms with E-state index >= 15 is 0 Å². The van der Waals surface area contributed by atoms with Crippen LogP contribution in [0, 0.1) is 5.41 Å². The van der Waals surface area contributed by atoms with Crippen LogP contribution in [0.3, 0.4) is 0 Å². The first-order valence-electron chi connectivity index (χ1n) is 8.09. The second-order valence-corrected chi connectivity index (χ2v) is 7.11. The third-order valence-electron chi connectivity index (χ3n) is 3.89. The van der Waals surface area contributed by atoms with Gasteiger partial charge >= 0.3 is 0 Å². The maximum absolute atomic E-state index is 4.79. The standard InChI is InChI=1S/C21H27N/c1-17(22-16-18-10-6-5-7-11-18)20-13-9-8-12-19(20)14-15-21(2,3)4/h5-13H,14-16H2,1-4H3. The van der Waals surface area contributed by atoms with Gasteiger partial charge in [-0.3, -0.25) is 4.99 Å². The lowest BCUT2D eigenvalue weighted by Crippen LogP contribution is -2.09. The first kappa shape index (κ1) is 16.5. The molecule has 0 atom stereocenters. The third kappa shape index (κ3) is 5.14. The Morgan fingerprint density at radius 1 is 0.909 bits per heavy atom. The molecule has 1 heteroatoms. The predicted octanol–water partition coefficient (Wildman–Crippen LogP) is 5.67.